The van der Waals surface area contributed by atoms with Crippen LogP contribution in [0.5, 0.6) is 0 Å². The molecule has 0 radical (unpaired) electrons. The molecule has 0 fully saturated rings. The summed E-state index contributed by atoms with van der Waals surface area (Å²) in [6, 6.07) is 0. The summed E-state index contributed by atoms with van der Waals surface area (Å²) in [6.07, 6.45) is 0. The van der Waals surface area contributed by atoms with Crippen molar-refractivity contribution in [2.75, 3.05) is 39.3 Å². The van der Waals surface area contributed by atoms with Gasteiger partial charge in [-0.15, -0.1) is 0 Å². The third kappa shape index (κ3) is 13.0. The van der Waals surface area contributed by atoms with E-state index in [-0.39, 0.29) is 29.6 Å². The van der Waals surface area contributed by atoms with Gasteiger partial charge in [-0.3, -0.25) is 19.4 Å². The zero-order chi connectivity index (χ0) is 15.7. The van der Waals surface area contributed by atoms with Crippen molar-refractivity contribution in [1.29, 1.82) is 0 Å². The number of hydrogen-bond donors (Lipinski definition) is 2. The second kappa shape index (κ2) is 11.0. The molecule has 11 heteroatoms. The molecule has 10 nitrogen and oxygen atoms in total. The number of carboxylic acids is 4. The smallest absolute Gasteiger partial charge is 0.549 e. The Morgan fingerprint density at radius 3 is 1.24 bits per heavy atom. The fourth-order valence-electron chi connectivity index (χ4n) is 1.46. The molecule has 0 atom stereocenters. The summed E-state index contributed by atoms with van der Waals surface area (Å²) in [4.78, 5) is 43.9. The van der Waals surface area contributed by atoms with E-state index in [0.717, 1.165) is 9.80 Å². The molecular weight excluding hydrogens is 335 g/mol. The maximum atomic E-state index is 10.5. The first-order valence-electron chi connectivity index (χ1n) is 5.48. The van der Waals surface area contributed by atoms with Crippen molar-refractivity contribution in [3.63, 3.8) is 0 Å². The summed E-state index contributed by atoms with van der Waals surface area (Å²) in [5.74, 6) is -5.52. The molecule has 0 spiro atoms. The molecule has 0 bridgehead atoms. The van der Waals surface area contributed by atoms with Crippen molar-refractivity contribution in [2.24, 2.45) is 0 Å². The van der Waals surface area contributed by atoms with Gasteiger partial charge in [-0.2, -0.15) is 0 Å². The maximum Gasteiger partial charge on any atom is 2.00 e. The molecule has 0 amide bonds. The van der Waals surface area contributed by atoms with E-state index < -0.39 is 50.1 Å². The minimum Gasteiger partial charge on any atom is -0.549 e. The normalized spacial score (nSPS) is 10.2. The first kappa shape index (κ1) is 21.6. The minimum atomic E-state index is -1.51. The van der Waals surface area contributed by atoms with Crippen LogP contribution >= 0.6 is 0 Å². The van der Waals surface area contributed by atoms with Crippen molar-refractivity contribution in [3.8, 4) is 0 Å². The second-order valence-corrected chi connectivity index (χ2v) is 3.95. The molecule has 0 rings (SSSR count). The Morgan fingerprint density at radius 1 is 0.714 bits per heavy atom. The molecule has 0 aliphatic heterocycles. The monoisotopic (exact) mass is 348 g/mol. The zero-order valence-corrected chi connectivity index (χ0v) is 11.8. The van der Waals surface area contributed by atoms with Gasteiger partial charge >= 0.3 is 28.4 Å². The summed E-state index contributed by atoms with van der Waals surface area (Å²) in [7, 11) is 0. The first-order chi connectivity index (χ1) is 9.20. The second-order valence-electron chi connectivity index (χ2n) is 3.95. The molecule has 0 aromatic heterocycles. The topological polar surface area (TPSA) is 161 Å². The molecule has 0 heterocycles. The van der Waals surface area contributed by atoms with Gasteiger partial charge in [0, 0.05) is 26.2 Å². The SMILES string of the molecule is O=C([O-])CN(CCN(CC(=O)O)CC(=O)O)CC(=O)[O-].[Ni+2]. The Morgan fingerprint density at radius 2 is 1.00 bits per heavy atom. The average molecular weight is 349 g/mol. The van der Waals surface area contributed by atoms with Crippen LogP contribution in [0, 0.1) is 0 Å². The van der Waals surface area contributed by atoms with E-state index >= 15 is 0 Å². The summed E-state index contributed by atoms with van der Waals surface area (Å²) in [6.45, 7) is -2.75. The van der Waals surface area contributed by atoms with Gasteiger partial charge in [0.15, 0.2) is 0 Å². The van der Waals surface area contributed by atoms with Crippen LogP contribution in [0.15, 0.2) is 0 Å². The summed E-state index contributed by atoms with van der Waals surface area (Å²) in [5, 5.41) is 38.0. The van der Waals surface area contributed by atoms with Gasteiger partial charge in [-0.05, 0) is 0 Å². The molecule has 0 unspecified atom stereocenters. The van der Waals surface area contributed by atoms with E-state index in [1.807, 2.05) is 0 Å². The van der Waals surface area contributed by atoms with E-state index in [0.29, 0.717) is 0 Å². The standard InChI is InChI=1S/C10H16N2O8.Ni/c13-7(14)3-11(4-8(15)16)1-2-12(5-9(17)18)6-10(19)20;/h1-6H2,(H,13,14)(H,15,16)(H,17,18)(H,19,20);/q;+2/p-2. The molecular formula is C10H14N2NiO8. The van der Waals surface area contributed by atoms with E-state index in [1.54, 1.807) is 0 Å². The third-order valence-corrected chi connectivity index (χ3v) is 2.16. The third-order valence-electron chi connectivity index (χ3n) is 2.16. The van der Waals surface area contributed by atoms with Gasteiger partial charge in [-0.1, -0.05) is 0 Å². The summed E-state index contributed by atoms with van der Waals surface area (Å²) in [5.41, 5.74) is 0. The van der Waals surface area contributed by atoms with Gasteiger partial charge < -0.3 is 30.0 Å². The number of nitrogens with zero attached hydrogens (tertiary/aromatic N) is 2. The average Bonchev–Trinajstić information content (AvgIpc) is 2.22. The van der Waals surface area contributed by atoms with Gasteiger partial charge in [0.1, 0.15) is 0 Å². The molecule has 0 aliphatic rings. The number of hydrogen-bond acceptors (Lipinski definition) is 8. The van der Waals surface area contributed by atoms with Crippen LogP contribution in [0.4, 0.5) is 0 Å². The molecule has 0 aromatic carbocycles. The minimum absolute atomic E-state index is 0. The van der Waals surface area contributed by atoms with Gasteiger partial charge in [-0.25, -0.2) is 0 Å². The van der Waals surface area contributed by atoms with Crippen molar-refractivity contribution in [2.45, 2.75) is 0 Å². The zero-order valence-electron chi connectivity index (χ0n) is 10.8. The van der Waals surface area contributed by atoms with E-state index in [9.17, 15) is 29.4 Å². The van der Waals surface area contributed by atoms with E-state index in [2.05, 4.69) is 0 Å². The number of aliphatic carboxylic acids is 4. The number of carbonyl (C=O) groups excluding carboxylic acids is 2. The van der Waals surface area contributed by atoms with Crippen molar-refractivity contribution in [3.05, 3.63) is 0 Å². The van der Waals surface area contributed by atoms with Crippen LogP contribution < -0.4 is 10.2 Å². The number of rotatable bonds is 11. The fourth-order valence-corrected chi connectivity index (χ4v) is 1.46. The largest absolute Gasteiger partial charge is 2.00 e. The molecule has 122 valence electrons. The summed E-state index contributed by atoms with van der Waals surface area (Å²) < 4.78 is 0. The van der Waals surface area contributed by atoms with Crippen molar-refractivity contribution in [1.82, 2.24) is 9.80 Å². The predicted molar refractivity (Wildman–Crippen MR) is 58.2 cm³/mol. The molecule has 0 aliphatic carbocycles. The van der Waals surface area contributed by atoms with E-state index in [4.69, 9.17) is 10.2 Å². The molecule has 0 aromatic rings. The quantitative estimate of drug-likeness (QED) is 0.347. The van der Waals surface area contributed by atoms with Gasteiger partial charge in [0.2, 0.25) is 0 Å². The molecule has 0 saturated carbocycles. The Bertz CT molecular complexity index is 321. The van der Waals surface area contributed by atoms with Crippen LogP contribution in [-0.2, 0) is 35.7 Å². The maximum absolute atomic E-state index is 10.5. The fraction of sp³-hybridized carbons (Fsp3) is 0.600. The van der Waals surface area contributed by atoms with E-state index in [1.165, 1.54) is 0 Å². The summed E-state index contributed by atoms with van der Waals surface area (Å²) >= 11 is 0. The van der Waals surface area contributed by atoms with Crippen molar-refractivity contribution < 1.29 is 56.1 Å². The van der Waals surface area contributed by atoms with Gasteiger partial charge in [0.05, 0.1) is 25.0 Å². The number of carbonyl (C=O) groups is 4. The van der Waals surface area contributed by atoms with Crippen LogP contribution in [0.1, 0.15) is 0 Å². The van der Waals surface area contributed by atoms with Crippen LogP contribution in [0.3, 0.4) is 0 Å². The van der Waals surface area contributed by atoms with Crippen LogP contribution in [0.25, 0.3) is 0 Å². The molecule has 2 N–H and O–H groups in total. The van der Waals surface area contributed by atoms with Crippen LogP contribution in [0.2, 0.25) is 0 Å². The Hall–Kier alpha value is -1.71. The predicted octanol–water partition coefficient (Wildman–Crippen LogP) is -4.74. The Kier molecular flexibility index (Phi) is 11.3. The molecule has 0 saturated heterocycles. The Balaban J connectivity index is 0. The van der Waals surface area contributed by atoms with Crippen molar-refractivity contribution >= 4 is 23.9 Å². The Labute approximate surface area is 129 Å². The molecule has 21 heavy (non-hydrogen) atoms. The number of carboxylic acid groups (broad SMARTS) is 4. The van der Waals surface area contributed by atoms with Gasteiger partial charge in [0.25, 0.3) is 0 Å². The van der Waals surface area contributed by atoms with Crippen LogP contribution in [-0.4, -0.2) is 83.2 Å². The first-order valence-corrected chi connectivity index (χ1v) is 5.48.